The summed E-state index contributed by atoms with van der Waals surface area (Å²) in [6.45, 7) is 6.83. The van der Waals surface area contributed by atoms with Crippen LogP contribution < -0.4 is 4.74 Å². The van der Waals surface area contributed by atoms with Gasteiger partial charge < -0.3 is 19.6 Å². The maximum absolute atomic E-state index is 13.1. The van der Waals surface area contributed by atoms with Crippen LogP contribution in [0.5, 0.6) is 5.75 Å². The van der Waals surface area contributed by atoms with Crippen LogP contribution in [0.25, 0.3) is 5.76 Å². The van der Waals surface area contributed by atoms with Gasteiger partial charge in [-0.3, -0.25) is 19.7 Å². The number of carbonyl (C=O) groups is 2. The summed E-state index contributed by atoms with van der Waals surface area (Å²) in [7, 11) is 1.46. The quantitative estimate of drug-likeness (QED) is 0.169. The molecule has 2 aromatic carbocycles. The van der Waals surface area contributed by atoms with Crippen molar-refractivity contribution in [3.8, 4) is 5.75 Å². The third-order valence-electron chi connectivity index (χ3n) is 6.15. The lowest BCUT2D eigenvalue weighted by molar-refractivity contribution is -0.384. The molecule has 0 aromatic heterocycles. The Balaban J connectivity index is 2.07. The summed E-state index contributed by atoms with van der Waals surface area (Å²) >= 11 is 6.21. The van der Waals surface area contributed by atoms with Gasteiger partial charge in [-0.05, 0) is 62.0 Å². The Kier molecular flexibility index (Phi) is 8.48. The van der Waals surface area contributed by atoms with Crippen molar-refractivity contribution in [3.63, 3.8) is 0 Å². The van der Waals surface area contributed by atoms with Crippen LogP contribution in [-0.4, -0.2) is 64.8 Å². The number of non-ortho nitro benzene ring substituents is 1. The number of aliphatic hydroxyl groups excluding tert-OH is 1. The standard InChI is InChI=1S/C25H28ClN3O6/c1-4-27(5-2)13-6-14-28-22(16-7-10-18(11-8-16)29(33)34)21(24(31)25(28)32)23(30)17-9-12-20(35-3)19(26)15-17/h7-12,15,22,30H,4-6,13-14H2,1-3H3/b23-21+/t22-/m1/s1. The molecular weight excluding hydrogens is 474 g/mol. The lowest BCUT2D eigenvalue weighted by Crippen LogP contribution is -2.33. The topological polar surface area (TPSA) is 113 Å². The molecule has 0 aliphatic carbocycles. The number of nitro groups is 1. The number of hydrogen-bond acceptors (Lipinski definition) is 7. The van der Waals surface area contributed by atoms with Gasteiger partial charge in [0.2, 0.25) is 0 Å². The zero-order chi connectivity index (χ0) is 25.7. The third-order valence-corrected chi connectivity index (χ3v) is 6.45. The predicted molar refractivity (Wildman–Crippen MR) is 133 cm³/mol. The average Bonchev–Trinajstić information content (AvgIpc) is 3.11. The zero-order valence-electron chi connectivity index (χ0n) is 19.9. The van der Waals surface area contributed by atoms with Crippen LogP contribution in [0.2, 0.25) is 5.02 Å². The molecule has 1 amide bonds. The number of Topliss-reactive ketones (excluding diaryl/α,β-unsaturated/α-hetero) is 1. The Bertz CT molecular complexity index is 1140. The molecule has 1 saturated heterocycles. The molecule has 0 spiro atoms. The third kappa shape index (κ3) is 5.47. The first kappa shape index (κ1) is 26.2. The van der Waals surface area contributed by atoms with Gasteiger partial charge in [0.25, 0.3) is 17.4 Å². The van der Waals surface area contributed by atoms with Crippen LogP contribution >= 0.6 is 11.6 Å². The molecular formula is C25H28ClN3O6. The second-order valence-electron chi connectivity index (χ2n) is 8.07. The van der Waals surface area contributed by atoms with Crippen molar-refractivity contribution in [1.82, 2.24) is 9.80 Å². The monoisotopic (exact) mass is 501 g/mol. The fourth-order valence-corrected chi connectivity index (χ4v) is 4.47. The maximum atomic E-state index is 13.1. The molecule has 1 aliphatic rings. The Labute approximate surface area is 208 Å². The van der Waals surface area contributed by atoms with E-state index < -0.39 is 22.7 Å². The highest BCUT2D eigenvalue weighted by Crippen LogP contribution is 2.40. The zero-order valence-corrected chi connectivity index (χ0v) is 20.6. The summed E-state index contributed by atoms with van der Waals surface area (Å²) in [5, 5.41) is 22.5. The lowest BCUT2D eigenvalue weighted by Gasteiger charge is -2.26. The summed E-state index contributed by atoms with van der Waals surface area (Å²) in [5.74, 6) is -1.52. The number of aliphatic hydroxyl groups is 1. The summed E-state index contributed by atoms with van der Waals surface area (Å²) in [6.07, 6.45) is 0.618. The minimum absolute atomic E-state index is 0.0899. The van der Waals surface area contributed by atoms with Gasteiger partial charge >= 0.3 is 0 Å². The molecule has 0 saturated carbocycles. The summed E-state index contributed by atoms with van der Waals surface area (Å²) in [4.78, 5) is 40.4. The Morgan fingerprint density at radius 1 is 1.17 bits per heavy atom. The summed E-state index contributed by atoms with van der Waals surface area (Å²) in [6, 6.07) is 9.29. The molecule has 1 heterocycles. The van der Waals surface area contributed by atoms with E-state index in [9.17, 15) is 24.8 Å². The Hall–Kier alpha value is -3.43. The van der Waals surface area contributed by atoms with E-state index in [4.69, 9.17) is 16.3 Å². The van der Waals surface area contributed by atoms with Gasteiger partial charge in [-0.25, -0.2) is 0 Å². The van der Waals surface area contributed by atoms with E-state index in [0.29, 0.717) is 17.7 Å². The van der Waals surface area contributed by atoms with Gasteiger partial charge in [0.15, 0.2) is 0 Å². The summed E-state index contributed by atoms with van der Waals surface area (Å²) in [5.41, 5.74) is 0.532. The van der Waals surface area contributed by atoms with Crippen molar-refractivity contribution in [2.75, 3.05) is 33.3 Å². The number of nitro benzene ring substituents is 1. The molecule has 10 heteroatoms. The van der Waals surface area contributed by atoms with E-state index in [0.717, 1.165) is 19.6 Å². The smallest absolute Gasteiger partial charge is 0.295 e. The molecule has 1 atom stereocenters. The highest BCUT2D eigenvalue weighted by molar-refractivity contribution is 6.46. The van der Waals surface area contributed by atoms with Crippen molar-refractivity contribution in [2.45, 2.75) is 26.3 Å². The minimum Gasteiger partial charge on any atom is -0.507 e. The second kappa shape index (κ2) is 11.3. The first-order valence-electron chi connectivity index (χ1n) is 11.3. The van der Waals surface area contributed by atoms with E-state index in [1.54, 1.807) is 12.1 Å². The van der Waals surface area contributed by atoms with Crippen molar-refractivity contribution >= 4 is 34.7 Å². The largest absolute Gasteiger partial charge is 0.507 e. The van der Waals surface area contributed by atoms with Crippen LogP contribution in [0, 0.1) is 10.1 Å². The van der Waals surface area contributed by atoms with E-state index in [-0.39, 0.29) is 34.2 Å². The molecule has 1 N–H and O–H groups in total. The Morgan fingerprint density at radius 3 is 2.37 bits per heavy atom. The first-order valence-corrected chi connectivity index (χ1v) is 11.7. The van der Waals surface area contributed by atoms with Crippen LogP contribution in [-0.2, 0) is 9.59 Å². The number of hydrogen-bond donors (Lipinski definition) is 1. The lowest BCUT2D eigenvalue weighted by atomic mass is 9.95. The molecule has 0 bridgehead atoms. The van der Waals surface area contributed by atoms with Crippen LogP contribution in [0.1, 0.15) is 37.4 Å². The molecule has 3 rings (SSSR count). The number of nitrogens with zero attached hydrogens (tertiary/aromatic N) is 3. The van der Waals surface area contributed by atoms with Gasteiger partial charge in [0.05, 0.1) is 28.7 Å². The number of benzene rings is 2. The van der Waals surface area contributed by atoms with Gasteiger partial charge in [0, 0.05) is 24.2 Å². The fourth-order valence-electron chi connectivity index (χ4n) is 4.21. The van der Waals surface area contributed by atoms with Gasteiger partial charge in [0.1, 0.15) is 11.5 Å². The van der Waals surface area contributed by atoms with Crippen molar-refractivity contribution in [1.29, 1.82) is 0 Å². The van der Waals surface area contributed by atoms with Gasteiger partial charge in [-0.15, -0.1) is 0 Å². The van der Waals surface area contributed by atoms with Crippen molar-refractivity contribution in [3.05, 3.63) is 74.3 Å². The highest BCUT2D eigenvalue weighted by atomic mass is 35.5. The number of ketones is 1. The van der Waals surface area contributed by atoms with E-state index >= 15 is 0 Å². The van der Waals surface area contributed by atoms with E-state index in [1.807, 2.05) is 13.8 Å². The maximum Gasteiger partial charge on any atom is 0.295 e. The molecule has 0 unspecified atom stereocenters. The molecule has 9 nitrogen and oxygen atoms in total. The normalized spacial score (nSPS) is 17.3. The molecule has 35 heavy (non-hydrogen) atoms. The number of halogens is 1. The molecule has 186 valence electrons. The first-order chi connectivity index (χ1) is 16.7. The molecule has 1 aliphatic heterocycles. The van der Waals surface area contributed by atoms with E-state index in [2.05, 4.69) is 4.90 Å². The average molecular weight is 502 g/mol. The number of likely N-dealkylation sites (tertiary alicyclic amines) is 1. The summed E-state index contributed by atoms with van der Waals surface area (Å²) < 4.78 is 5.15. The molecule has 0 radical (unpaired) electrons. The van der Waals surface area contributed by atoms with Crippen molar-refractivity contribution < 1.29 is 24.4 Å². The number of carbonyl (C=O) groups excluding carboxylic acids is 2. The van der Waals surface area contributed by atoms with Crippen LogP contribution in [0.3, 0.4) is 0 Å². The van der Waals surface area contributed by atoms with Gasteiger partial charge in [-0.2, -0.15) is 0 Å². The number of rotatable bonds is 10. The van der Waals surface area contributed by atoms with Crippen LogP contribution in [0.15, 0.2) is 48.0 Å². The molecule has 2 aromatic rings. The number of methoxy groups -OCH3 is 1. The molecule has 1 fully saturated rings. The predicted octanol–water partition coefficient (Wildman–Crippen LogP) is 4.41. The number of amides is 1. The fraction of sp³-hybridized carbons (Fsp3) is 0.360. The van der Waals surface area contributed by atoms with Gasteiger partial charge in [-0.1, -0.05) is 25.4 Å². The Morgan fingerprint density at radius 2 is 1.83 bits per heavy atom. The highest BCUT2D eigenvalue weighted by Gasteiger charge is 2.46. The second-order valence-corrected chi connectivity index (χ2v) is 8.48. The van der Waals surface area contributed by atoms with Crippen molar-refractivity contribution in [2.24, 2.45) is 0 Å². The number of ether oxygens (including phenoxy) is 1. The minimum atomic E-state index is -0.895. The van der Waals surface area contributed by atoms with Crippen LogP contribution in [0.4, 0.5) is 5.69 Å². The SMILES string of the molecule is CCN(CC)CCCN1C(=O)C(=O)/C(=C(/O)c2ccc(OC)c(Cl)c2)[C@H]1c1ccc([N+](=O)[O-])cc1. The van der Waals surface area contributed by atoms with E-state index in [1.165, 1.54) is 42.3 Å².